The molecule has 0 saturated heterocycles. The second kappa shape index (κ2) is 7.33. The van der Waals surface area contributed by atoms with Crippen molar-refractivity contribution in [1.82, 2.24) is 5.32 Å². The van der Waals surface area contributed by atoms with E-state index < -0.39 is 0 Å². The van der Waals surface area contributed by atoms with E-state index in [4.69, 9.17) is 9.47 Å². The highest BCUT2D eigenvalue weighted by atomic mass is 16.5. The Morgan fingerprint density at radius 3 is 2.57 bits per heavy atom. The van der Waals surface area contributed by atoms with Crippen molar-refractivity contribution in [3.63, 3.8) is 0 Å². The monoisotopic (exact) mass is 285 g/mol. The molecule has 1 amide bonds. The molecule has 0 atom stereocenters. The van der Waals surface area contributed by atoms with Crippen LogP contribution >= 0.6 is 0 Å². The van der Waals surface area contributed by atoms with Gasteiger partial charge in [0.15, 0.2) is 0 Å². The molecule has 1 N–H and O–H groups in total. The highest BCUT2D eigenvalue weighted by Gasteiger charge is 2.10. The van der Waals surface area contributed by atoms with Crippen LogP contribution in [0.1, 0.15) is 22.8 Å². The average molecular weight is 285 g/mol. The van der Waals surface area contributed by atoms with Crippen molar-refractivity contribution >= 4 is 5.91 Å². The third-order valence-electron chi connectivity index (χ3n) is 3.02. The van der Waals surface area contributed by atoms with Crippen LogP contribution in [0.3, 0.4) is 0 Å². The number of para-hydroxylation sites is 1. The van der Waals surface area contributed by atoms with Gasteiger partial charge in [-0.1, -0.05) is 18.2 Å². The predicted molar refractivity (Wildman–Crippen MR) is 81.8 cm³/mol. The molecule has 110 valence electrons. The molecule has 4 heteroatoms. The Labute approximate surface area is 124 Å². The van der Waals surface area contributed by atoms with Crippen molar-refractivity contribution < 1.29 is 14.3 Å². The quantitative estimate of drug-likeness (QED) is 0.887. The van der Waals surface area contributed by atoms with Crippen LogP contribution in [0.25, 0.3) is 0 Å². The van der Waals surface area contributed by atoms with E-state index in [0.29, 0.717) is 24.5 Å². The van der Waals surface area contributed by atoms with Crippen LogP contribution in [-0.2, 0) is 6.61 Å². The Hall–Kier alpha value is -2.49. The Balaban J connectivity index is 2.16. The molecule has 2 aromatic rings. The van der Waals surface area contributed by atoms with Crippen LogP contribution in [0, 0.1) is 0 Å². The van der Waals surface area contributed by atoms with Crippen molar-refractivity contribution in [3.8, 4) is 11.5 Å². The fraction of sp³-hybridized carbons (Fsp3) is 0.235. The number of hydrogen-bond donors (Lipinski definition) is 1. The minimum atomic E-state index is -0.0962. The maximum Gasteiger partial charge on any atom is 0.251 e. The van der Waals surface area contributed by atoms with Gasteiger partial charge in [0.1, 0.15) is 18.1 Å². The zero-order chi connectivity index (χ0) is 15.1. The topological polar surface area (TPSA) is 47.6 Å². The van der Waals surface area contributed by atoms with Crippen LogP contribution in [-0.4, -0.2) is 19.6 Å². The highest BCUT2D eigenvalue weighted by Crippen LogP contribution is 2.22. The molecule has 0 aliphatic carbocycles. The number of carbonyl (C=O) groups is 1. The van der Waals surface area contributed by atoms with E-state index in [2.05, 4.69) is 5.32 Å². The van der Waals surface area contributed by atoms with Gasteiger partial charge in [-0.15, -0.1) is 0 Å². The van der Waals surface area contributed by atoms with E-state index in [1.807, 2.05) is 37.3 Å². The van der Waals surface area contributed by atoms with E-state index in [0.717, 1.165) is 11.3 Å². The summed E-state index contributed by atoms with van der Waals surface area (Å²) < 4.78 is 11.0. The fourth-order valence-electron chi connectivity index (χ4n) is 1.97. The minimum Gasteiger partial charge on any atom is -0.496 e. The molecule has 0 radical (unpaired) electrons. The van der Waals surface area contributed by atoms with E-state index in [-0.39, 0.29) is 5.91 Å². The minimum absolute atomic E-state index is 0.0962. The number of rotatable bonds is 6. The molecule has 0 spiro atoms. The number of methoxy groups -OCH3 is 1. The normalized spacial score (nSPS) is 10.0. The van der Waals surface area contributed by atoms with Gasteiger partial charge in [0, 0.05) is 17.7 Å². The molecule has 21 heavy (non-hydrogen) atoms. The van der Waals surface area contributed by atoms with E-state index in [1.54, 1.807) is 25.3 Å². The number of ether oxygens (including phenoxy) is 2. The molecule has 0 saturated carbocycles. The van der Waals surface area contributed by atoms with Gasteiger partial charge in [-0.2, -0.15) is 0 Å². The maximum absolute atomic E-state index is 11.9. The summed E-state index contributed by atoms with van der Waals surface area (Å²) in [6.07, 6.45) is 0. The molecular formula is C17H19NO3. The first-order chi connectivity index (χ1) is 10.2. The third-order valence-corrected chi connectivity index (χ3v) is 3.02. The van der Waals surface area contributed by atoms with E-state index in [9.17, 15) is 4.79 Å². The summed E-state index contributed by atoms with van der Waals surface area (Å²) in [4.78, 5) is 11.9. The van der Waals surface area contributed by atoms with Gasteiger partial charge in [-0.05, 0) is 37.3 Å². The first-order valence-electron chi connectivity index (χ1n) is 6.87. The lowest BCUT2D eigenvalue weighted by Gasteiger charge is -2.12. The molecular weight excluding hydrogens is 266 g/mol. The molecule has 0 aliphatic rings. The second-order valence-electron chi connectivity index (χ2n) is 4.49. The molecule has 0 fully saturated rings. The largest absolute Gasteiger partial charge is 0.496 e. The summed E-state index contributed by atoms with van der Waals surface area (Å²) in [6, 6.07) is 14.9. The predicted octanol–water partition coefficient (Wildman–Crippen LogP) is 3.02. The second-order valence-corrected chi connectivity index (χ2v) is 4.49. The number of benzene rings is 2. The molecule has 2 aromatic carbocycles. The van der Waals surface area contributed by atoms with Gasteiger partial charge in [-0.25, -0.2) is 0 Å². The molecule has 2 rings (SSSR count). The molecule has 4 nitrogen and oxygen atoms in total. The van der Waals surface area contributed by atoms with Gasteiger partial charge in [0.25, 0.3) is 5.91 Å². The summed E-state index contributed by atoms with van der Waals surface area (Å²) in [5.41, 5.74) is 1.44. The average Bonchev–Trinajstić information content (AvgIpc) is 2.54. The number of nitrogens with one attached hydrogen (secondary N) is 1. The van der Waals surface area contributed by atoms with Crippen LogP contribution < -0.4 is 14.8 Å². The van der Waals surface area contributed by atoms with Crippen LogP contribution in [0.2, 0.25) is 0 Å². The Bertz CT molecular complexity index is 596. The first kappa shape index (κ1) is 14.9. The van der Waals surface area contributed by atoms with Crippen molar-refractivity contribution in [2.75, 3.05) is 13.7 Å². The Morgan fingerprint density at radius 1 is 1.14 bits per heavy atom. The highest BCUT2D eigenvalue weighted by molar-refractivity contribution is 5.94. The third kappa shape index (κ3) is 3.99. The fourth-order valence-corrected chi connectivity index (χ4v) is 1.97. The summed E-state index contributed by atoms with van der Waals surface area (Å²) in [6.45, 7) is 2.84. The Kier molecular flexibility index (Phi) is 5.21. The van der Waals surface area contributed by atoms with Gasteiger partial charge in [0.2, 0.25) is 0 Å². The zero-order valence-electron chi connectivity index (χ0n) is 12.3. The lowest BCUT2D eigenvalue weighted by Crippen LogP contribution is -2.22. The summed E-state index contributed by atoms with van der Waals surface area (Å²) in [5.74, 6) is 1.39. The van der Waals surface area contributed by atoms with Crippen LogP contribution in [0.4, 0.5) is 0 Å². The van der Waals surface area contributed by atoms with Crippen molar-refractivity contribution in [2.45, 2.75) is 13.5 Å². The SMILES string of the molecule is CCNC(=O)c1ccc(OC)c(COc2ccccc2)c1. The van der Waals surface area contributed by atoms with Gasteiger partial charge in [0.05, 0.1) is 7.11 Å². The molecule has 0 aliphatic heterocycles. The van der Waals surface area contributed by atoms with Crippen molar-refractivity contribution in [1.29, 1.82) is 0 Å². The maximum atomic E-state index is 11.9. The number of amides is 1. The molecule has 0 unspecified atom stereocenters. The number of carbonyl (C=O) groups excluding carboxylic acids is 1. The lowest BCUT2D eigenvalue weighted by atomic mass is 10.1. The van der Waals surface area contributed by atoms with Gasteiger partial charge >= 0.3 is 0 Å². The van der Waals surface area contributed by atoms with E-state index in [1.165, 1.54) is 0 Å². The van der Waals surface area contributed by atoms with Gasteiger partial charge in [-0.3, -0.25) is 4.79 Å². The molecule has 0 aromatic heterocycles. The summed E-state index contributed by atoms with van der Waals surface area (Å²) in [7, 11) is 1.60. The van der Waals surface area contributed by atoms with Crippen molar-refractivity contribution in [2.24, 2.45) is 0 Å². The molecule has 0 heterocycles. The summed E-state index contributed by atoms with van der Waals surface area (Å²) in [5, 5.41) is 2.78. The lowest BCUT2D eigenvalue weighted by molar-refractivity contribution is 0.0955. The number of hydrogen-bond acceptors (Lipinski definition) is 3. The van der Waals surface area contributed by atoms with Crippen LogP contribution in [0.15, 0.2) is 48.5 Å². The zero-order valence-corrected chi connectivity index (χ0v) is 12.3. The molecule has 0 bridgehead atoms. The summed E-state index contributed by atoms with van der Waals surface area (Å²) >= 11 is 0. The Morgan fingerprint density at radius 2 is 1.90 bits per heavy atom. The first-order valence-corrected chi connectivity index (χ1v) is 6.87. The smallest absolute Gasteiger partial charge is 0.251 e. The van der Waals surface area contributed by atoms with E-state index >= 15 is 0 Å². The van der Waals surface area contributed by atoms with Crippen molar-refractivity contribution in [3.05, 3.63) is 59.7 Å². The van der Waals surface area contributed by atoms with Crippen LogP contribution in [0.5, 0.6) is 11.5 Å². The van der Waals surface area contributed by atoms with Gasteiger partial charge < -0.3 is 14.8 Å². The standard InChI is InChI=1S/C17H19NO3/c1-3-18-17(19)13-9-10-16(20-2)14(11-13)12-21-15-7-5-4-6-8-15/h4-11H,3,12H2,1-2H3,(H,18,19).